The number of methoxy groups -OCH3 is 2. The first-order valence-electron chi connectivity index (χ1n) is 9.95. The Hall–Kier alpha value is -2.77. The van der Waals surface area contributed by atoms with Crippen LogP contribution in [0.2, 0.25) is 0 Å². The molecular formula is C22H24F3N3O3S. The first kappa shape index (κ1) is 23.9. The smallest absolute Gasteiger partial charge is 0.401 e. The number of amides is 1. The van der Waals surface area contributed by atoms with Crippen LogP contribution >= 0.6 is 11.3 Å². The summed E-state index contributed by atoms with van der Waals surface area (Å²) in [6.45, 7) is 1.11. The number of carbonyl (C=O) groups is 1. The van der Waals surface area contributed by atoms with Crippen molar-refractivity contribution in [3.63, 3.8) is 0 Å². The summed E-state index contributed by atoms with van der Waals surface area (Å²) in [5.74, 6) is 2.93. The fourth-order valence-corrected chi connectivity index (χ4v) is 4.55. The van der Waals surface area contributed by atoms with Gasteiger partial charge in [-0.25, -0.2) is 4.98 Å². The van der Waals surface area contributed by atoms with E-state index in [4.69, 9.17) is 15.9 Å². The minimum absolute atomic E-state index is 0.0793. The zero-order chi connectivity index (χ0) is 23.5. The van der Waals surface area contributed by atoms with Gasteiger partial charge in [-0.3, -0.25) is 9.69 Å². The monoisotopic (exact) mass is 467 g/mol. The summed E-state index contributed by atoms with van der Waals surface area (Å²) < 4.78 is 49.7. The van der Waals surface area contributed by atoms with Gasteiger partial charge in [0.05, 0.1) is 32.5 Å². The highest BCUT2D eigenvalue weighted by Gasteiger charge is 2.37. The van der Waals surface area contributed by atoms with Crippen molar-refractivity contribution in [2.45, 2.75) is 32.0 Å². The number of anilines is 1. The first-order chi connectivity index (χ1) is 15.1. The molecule has 32 heavy (non-hydrogen) atoms. The molecule has 2 aromatic rings. The van der Waals surface area contributed by atoms with Crippen molar-refractivity contribution in [3.8, 4) is 23.8 Å². The fraction of sp³-hybridized carbons (Fsp3) is 0.455. The zero-order valence-corrected chi connectivity index (χ0v) is 18.8. The second-order valence-corrected chi connectivity index (χ2v) is 8.66. The van der Waals surface area contributed by atoms with Crippen LogP contribution in [0.25, 0.3) is 0 Å². The Kier molecular flexibility index (Phi) is 7.31. The SMILES string of the molecule is C#Cc1nc(C(=O)N(c2cc(OC)cc(OC)c2)[C@@H]2CCCN(CC(F)(F)F)C2)c(C)s1. The van der Waals surface area contributed by atoms with Crippen molar-refractivity contribution in [1.82, 2.24) is 9.88 Å². The van der Waals surface area contributed by atoms with Gasteiger partial charge in [-0.2, -0.15) is 13.2 Å². The molecule has 6 nitrogen and oxygen atoms in total. The number of ether oxygens (including phenoxy) is 2. The molecule has 0 unspecified atom stereocenters. The summed E-state index contributed by atoms with van der Waals surface area (Å²) in [7, 11) is 2.97. The van der Waals surface area contributed by atoms with E-state index in [0.717, 1.165) is 0 Å². The average Bonchev–Trinajstić information content (AvgIpc) is 3.13. The highest BCUT2D eigenvalue weighted by molar-refractivity contribution is 7.12. The van der Waals surface area contributed by atoms with E-state index in [1.165, 1.54) is 35.4 Å². The topological polar surface area (TPSA) is 54.9 Å². The maximum atomic E-state index is 13.7. The largest absolute Gasteiger partial charge is 0.497 e. The molecule has 3 rings (SSSR count). The van der Waals surface area contributed by atoms with Crippen molar-refractivity contribution in [3.05, 3.63) is 33.8 Å². The molecule has 2 heterocycles. The summed E-state index contributed by atoms with van der Waals surface area (Å²) in [5, 5.41) is 0.372. The third kappa shape index (κ3) is 5.53. The first-order valence-corrected chi connectivity index (χ1v) is 10.8. The van der Waals surface area contributed by atoms with Crippen LogP contribution in [-0.4, -0.2) is 61.9 Å². The molecule has 0 aliphatic carbocycles. The van der Waals surface area contributed by atoms with Crippen molar-refractivity contribution in [1.29, 1.82) is 0 Å². The summed E-state index contributed by atoms with van der Waals surface area (Å²) in [4.78, 5) is 21.4. The normalized spacial score (nSPS) is 17.0. The van der Waals surface area contributed by atoms with Gasteiger partial charge in [0.15, 0.2) is 5.01 Å². The summed E-state index contributed by atoms with van der Waals surface area (Å²) in [6.07, 6.45) is 2.20. The van der Waals surface area contributed by atoms with E-state index in [-0.39, 0.29) is 12.2 Å². The standard InChI is InChI=1S/C22H24F3N3O3S/c1-5-19-26-20(14(2)32-19)21(29)28(16-9-17(30-3)11-18(10-16)31-4)15-7-6-8-27(12-15)13-22(23,24)25/h1,9-11,15H,6-8,12-13H2,2-4H3/t15-/m1/s1. The predicted molar refractivity (Wildman–Crippen MR) is 117 cm³/mol. The summed E-state index contributed by atoms with van der Waals surface area (Å²) in [6, 6.07) is 4.48. The van der Waals surface area contributed by atoms with Crippen LogP contribution in [0.5, 0.6) is 11.5 Å². The second-order valence-electron chi connectivity index (χ2n) is 7.46. The van der Waals surface area contributed by atoms with Gasteiger partial charge in [0, 0.05) is 29.6 Å². The highest BCUT2D eigenvalue weighted by Crippen LogP contribution is 2.34. The van der Waals surface area contributed by atoms with Crippen LogP contribution in [0, 0.1) is 19.3 Å². The third-order valence-corrected chi connectivity index (χ3v) is 6.11. The zero-order valence-electron chi connectivity index (χ0n) is 18.0. The molecule has 10 heteroatoms. The Labute approximate surface area is 188 Å². The molecule has 1 aliphatic rings. The van der Waals surface area contributed by atoms with Crippen molar-refractivity contribution in [2.24, 2.45) is 0 Å². The Morgan fingerprint density at radius 1 is 1.31 bits per heavy atom. The van der Waals surface area contributed by atoms with E-state index < -0.39 is 24.7 Å². The number of terminal acetylenes is 1. The number of alkyl halides is 3. The number of likely N-dealkylation sites (tertiary alicyclic amines) is 1. The highest BCUT2D eigenvalue weighted by atomic mass is 32.1. The number of piperidine rings is 1. The lowest BCUT2D eigenvalue weighted by molar-refractivity contribution is -0.148. The molecule has 172 valence electrons. The predicted octanol–water partition coefficient (Wildman–Crippen LogP) is 4.12. The van der Waals surface area contributed by atoms with Crippen LogP contribution in [-0.2, 0) is 0 Å². The average molecular weight is 468 g/mol. The number of hydrogen-bond donors (Lipinski definition) is 0. The number of thiazole rings is 1. The minimum atomic E-state index is -4.32. The van der Waals surface area contributed by atoms with Gasteiger partial charge in [-0.1, -0.05) is 0 Å². The number of carbonyl (C=O) groups excluding carboxylic acids is 1. The number of aryl methyl sites for hydroxylation is 1. The molecular weight excluding hydrogens is 443 g/mol. The molecule has 1 fully saturated rings. The Balaban J connectivity index is 2.04. The summed E-state index contributed by atoms with van der Waals surface area (Å²) in [5.41, 5.74) is 0.650. The van der Waals surface area contributed by atoms with E-state index >= 15 is 0 Å². The molecule has 1 atom stereocenters. The molecule has 0 saturated carbocycles. The van der Waals surface area contributed by atoms with Gasteiger partial charge >= 0.3 is 6.18 Å². The van der Waals surface area contributed by atoms with Crippen LogP contribution in [0.15, 0.2) is 18.2 Å². The van der Waals surface area contributed by atoms with Crippen molar-refractivity contribution < 1.29 is 27.4 Å². The lowest BCUT2D eigenvalue weighted by Gasteiger charge is -2.39. The van der Waals surface area contributed by atoms with E-state index in [1.54, 1.807) is 25.1 Å². The fourth-order valence-electron chi connectivity index (χ4n) is 3.84. The minimum Gasteiger partial charge on any atom is -0.497 e. The van der Waals surface area contributed by atoms with Gasteiger partial charge in [0.2, 0.25) is 0 Å². The van der Waals surface area contributed by atoms with Gasteiger partial charge < -0.3 is 14.4 Å². The molecule has 0 spiro atoms. The van der Waals surface area contributed by atoms with Crippen LogP contribution in [0.1, 0.15) is 33.2 Å². The summed E-state index contributed by atoms with van der Waals surface area (Å²) >= 11 is 1.22. The molecule has 0 radical (unpaired) electrons. The van der Waals surface area contributed by atoms with Crippen LogP contribution in [0.3, 0.4) is 0 Å². The Morgan fingerprint density at radius 2 is 1.97 bits per heavy atom. The number of halogens is 3. The number of benzene rings is 1. The Morgan fingerprint density at radius 3 is 2.50 bits per heavy atom. The number of rotatable bonds is 6. The maximum absolute atomic E-state index is 13.7. The molecule has 1 amide bonds. The van der Waals surface area contributed by atoms with Crippen molar-refractivity contribution >= 4 is 22.9 Å². The number of nitrogens with zero attached hydrogens (tertiary/aromatic N) is 3. The van der Waals surface area contributed by atoms with Gasteiger partial charge in [-0.05, 0) is 32.2 Å². The number of aromatic nitrogens is 1. The van der Waals surface area contributed by atoms with E-state index in [0.29, 0.717) is 46.5 Å². The van der Waals surface area contributed by atoms with Crippen molar-refractivity contribution in [2.75, 3.05) is 38.8 Å². The molecule has 1 aromatic carbocycles. The van der Waals surface area contributed by atoms with Crippen LogP contribution < -0.4 is 14.4 Å². The Bertz CT molecular complexity index is 994. The van der Waals surface area contributed by atoms with E-state index in [9.17, 15) is 18.0 Å². The van der Waals surface area contributed by atoms with Gasteiger partial charge in [0.1, 0.15) is 17.2 Å². The maximum Gasteiger partial charge on any atom is 0.401 e. The van der Waals surface area contributed by atoms with Gasteiger partial charge in [-0.15, -0.1) is 17.8 Å². The molecule has 1 saturated heterocycles. The second kappa shape index (κ2) is 9.79. The lowest BCUT2D eigenvalue weighted by atomic mass is 10.0. The van der Waals surface area contributed by atoms with Gasteiger partial charge in [0.25, 0.3) is 5.91 Å². The third-order valence-electron chi connectivity index (χ3n) is 5.20. The van der Waals surface area contributed by atoms with Crippen LogP contribution in [0.4, 0.5) is 18.9 Å². The molecule has 0 N–H and O–H groups in total. The molecule has 1 aromatic heterocycles. The quantitative estimate of drug-likeness (QED) is 0.599. The lowest BCUT2D eigenvalue weighted by Crippen LogP contribution is -2.52. The number of hydrogen-bond acceptors (Lipinski definition) is 6. The molecule has 0 bridgehead atoms. The molecule has 1 aliphatic heterocycles. The van der Waals surface area contributed by atoms with E-state index in [1.807, 2.05) is 0 Å². The van der Waals surface area contributed by atoms with E-state index in [2.05, 4.69) is 10.9 Å².